The van der Waals surface area contributed by atoms with E-state index in [0.29, 0.717) is 24.5 Å². The predicted octanol–water partition coefficient (Wildman–Crippen LogP) is 3.59. The first-order chi connectivity index (χ1) is 16.4. The molecule has 0 aromatic carbocycles. The smallest absolute Gasteiger partial charge is 0.422 e. The minimum Gasteiger partial charge on any atom is -0.468 e. The van der Waals surface area contributed by atoms with Crippen molar-refractivity contribution in [3.8, 4) is 5.88 Å². The standard InChI is InChI=1S/C23H30F3N5O4/c1-14(2)21(32)29-18-12-16(8-9-27-18)15(3)28-22(33)17-6-7-19(35-13-23(24,25)26)30-20(17)31(4)10-11-34-5/h6-9,12,14-15H,10-11,13H2,1-5H3,(H,28,33)(H,27,29,32). The summed E-state index contributed by atoms with van der Waals surface area (Å²) < 4.78 is 47.4. The van der Waals surface area contributed by atoms with Crippen LogP contribution in [0.4, 0.5) is 24.8 Å². The van der Waals surface area contributed by atoms with E-state index in [1.807, 2.05) is 0 Å². The highest BCUT2D eigenvalue weighted by molar-refractivity contribution is 5.99. The molecule has 1 unspecified atom stereocenters. The fourth-order valence-electron chi connectivity index (χ4n) is 2.88. The lowest BCUT2D eigenvalue weighted by molar-refractivity contribution is -0.154. The number of carbonyl (C=O) groups is 2. The molecule has 35 heavy (non-hydrogen) atoms. The van der Waals surface area contributed by atoms with Crippen molar-refractivity contribution in [1.29, 1.82) is 0 Å². The summed E-state index contributed by atoms with van der Waals surface area (Å²) >= 11 is 0. The lowest BCUT2D eigenvalue weighted by Crippen LogP contribution is -2.31. The number of aromatic nitrogens is 2. The van der Waals surface area contributed by atoms with Gasteiger partial charge in [-0.15, -0.1) is 0 Å². The van der Waals surface area contributed by atoms with E-state index in [1.165, 1.54) is 25.4 Å². The molecule has 2 N–H and O–H groups in total. The van der Waals surface area contributed by atoms with E-state index in [-0.39, 0.29) is 29.1 Å². The maximum absolute atomic E-state index is 13.1. The van der Waals surface area contributed by atoms with Gasteiger partial charge in [0.05, 0.1) is 18.2 Å². The third-order valence-corrected chi connectivity index (χ3v) is 4.88. The molecule has 9 nitrogen and oxygen atoms in total. The number of ether oxygens (including phenoxy) is 2. The van der Waals surface area contributed by atoms with Gasteiger partial charge >= 0.3 is 6.18 Å². The first kappa shape index (κ1) is 27.8. The van der Waals surface area contributed by atoms with Gasteiger partial charge in [0.25, 0.3) is 5.91 Å². The second kappa shape index (κ2) is 12.3. The Bertz CT molecular complexity index is 1020. The maximum atomic E-state index is 13.1. The summed E-state index contributed by atoms with van der Waals surface area (Å²) in [5.74, 6) is -0.654. The molecule has 2 aromatic rings. The van der Waals surface area contributed by atoms with Crippen molar-refractivity contribution in [1.82, 2.24) is 15.3 Å². The summed E-state index contributed by atoms with van der Waals surface area (Å²) in [5.41, 5.74) is 0.844. The van der Waals surface area contributed by atoms with Gasteiger partial charge in [-0.05, 0) is 30.7 Å². The zero-order valence-electron chi connectivity index (χ0n) is 20.3. The SMILES string of the molecule is COCCN(C)c1nc(OCC(F)(F)F)ccc1C(=O)NC(C)c1ccnc(NC(=O)C(C)C)c1. The van der Waals surface area contributed by atoms with Crippen LogP contribution in [0.3, 0.4) is 0 Å². The summed E-state index contributed by atoms with van der Waals surface area (Å²) in [6.07, 6.45) is -3.00. The van der Waals surface area contributed by atoms with Gasteiger partial charge in [0.15, 0.2) is 6.61 Å². The van der Waals surface area contributed by atoms with E-state index in [1.54, 1.807) is 44.9 Å². The molecule has 1 atom stereocenters. The summed E-state index contributed by atoms with van der Waals surface area (Å²) in [5, 5.41) is 5.55. The Balaban J connectivity index is 2.23. The summed E-state index contributed by atoms with van der Waals surface area (Å²) in [4.78, 5) is 34.9. The number of likely N-dealkylation sites (N-methyl/N-ethyl adjacent to an activating group) is 1. The fourth-order valence-corrected chi connectivity index (χ4v) is 2.88. The highest BCUT2D eigenvalue weighted by Crippen LogP contribution is 2.24. The van der Waals surface area contributed by atoms with Crippen LogP contribution in [0.1, 0.15) is 42.7 Å². The zero-order valence-corrected chi connectivity index (χ0v) is 20.3. The number of nitrogens with one attached hydrogen (secondary N) is 2. The molecule has 0 aliphatic carbocycles. The van der Waals surface area contributed by atoms with Crippen molar-refractivity contribution < 1.29 is 32.2 Å². The monoisotopic (exact) mass is 497 g/mol. The van der Waals surface area contributed by atoms with Gasteiger partial charge in [-0.25, -0.2) is 4.98 Å². The number of carbonyl (C=O) groups excluding carboxylic acids is 2. The third-order valence-electron chi connectivity index (χ3n) is 4.88. The first-order valence-electron chi connectivity index (χ1n) is 10.9. The van der Waals surface area contributed by atoms with E-state index in [9.17, 15) is 22.8 Å². The number of hydrogen-bond acceptors (Lipinski definition) is 7. The van der Waals surface area contributed by atoms with Crippen molar-refractivity contribution in [2.75, 3.05) is 44.1 Å². The lowest BCUT2D eigenvalue weighted by atomic mass is 10.1. The number of pyridine rings is 2. The molecule has 2 rings (SSSR count). The van der Waals surface area contributed by atoms with Crippen LogP contribution < -0.4 is 20.3 Å². The van der Waals surface area contributed by atoms with Crippen LogP contribution in [0.15, 0.2) is 30.5 Å². The number of alkyl halides is 3. The molecule has 0 saturated heterocycles. The van der Waals surface area contributed by atoms with E-state index >= 15 is 0 Å². The van der Waals surface area contributed by atoms with Gasteiger partial charge in [0.2, 0.25) is 11.8 Å². The van der Waals surface area contributed by atoms with Gasteiger partial charge in [0, 0.05) is 38.9 Å². The molecule has 0 fully saturated rings. The number of anilines is 2. The van der Waals surface area contributed by atoms with E-state index < -0.39 is 24.7 Å². The van der Waals surface area contributed by atoms with Gasteiger partial charge in [-0.1, -0.05) is 13.8 Å². The average molecular weight is 498 g/mol. The van der Waals surface area contributed by atoms with Gasteiger partial charge in [-0.3, -0.25) is 9.59 Å². The predicted molar refractivity (Wildman–Crippen MR) is 125 cm³/mol. The molecule has 0 saturated carbocycles. The summed E-state index contributed by atoms with van der Waals surface area (Å²) in [6.45, 7) is 4.43. The molecule has 2 amide bonds. The third kappa shape index (κ3) is 8.71. The Hall–Kier alpha value is -3.41. The maximum Gasteiger partial charge on any atom is 0.422 e. The Labute approximate surface area is 202 Å². The van der Waals surface area contributed by atoms with Crippen molar-refractivity contribution in [2.45, 2.75) is 33.0 Å². The Morgan fingerprint density at radius 3 is 2.51 bits per heavy atom. The molecular weight excluding hydrogens is 467 g/mol. The quantitative estimate of drug-likeness (QED) is 0.489. The van der Waals surface area contributed by atoms with Gasteiger partial charge in [0.1, 0.15) is 11.6 Å². The van der Waals surface area contributed by atoms with Crippen LogP contribution in [0.2, 0.25) is 0 Å². The molecule has 192 valence electrons. The largest absolute Gasteiger partial charge is 0.468 e. The van der Waals surface area contributed by atoms with E-state index in [4.69, 9.17) is 9.47 Å². The first-order valence-corrected chi connectivity index (χ1v) is 10.9. The normalized spacial score (nSPS) is 12.3. The summed E-state index contributed by atoms with van der Waals surface area (Å²) in [6, 6.07) is 5.46. The molecule has 2 heterocycles. The second-order valence-electron chi connectivity index (χ2n) is 8.15. The Morgan fingerprint density at radius 1 is 1.17 bits per heavy atom. The molecular formula is C23H30F3N5O4. The van der Waals surface area contributed by atoms with Crippen LogP contribution in [-0.2, 0) is 9.53 Å². The second-order valence-corrected chi connectivity index (χ2v) is 8.15. The van der Waals surface area contributed by atoms with Crippen molar-refractivity contribution in [3.05, 3.63) is 41.6 Å². The van der Waals surface area contributed by atoms with Gasteiger partial charge in [-0.2, -0.15) is 18.2 Å². The van der Waals surface area contributed by atoms with Crippen LogP contribution in [-0.4, -0.2) is 61.9 Å². The Morgan fingerprint density at radius 2 is 1.89 bits per heavy atom. The van der Waals surface area contributed by atoms with Crippen LogP contribution >= 0.6 is 0 Å². The van der Waals surface area contributed by atoms with Gasteiger partial charge < -0.3 is 25.0 Å². The molecule has 0 spiro atoms. The van der Waals surface area contributed by atoms with E-state index in [0.717, 1.165) is 0 Å². The van der Waals surface area contributed by atoms with E-state index in [2.05, 4.69) is 20.6 Å². The molecule has 12 heteroatoms. The van der Waals surface area contributed by atoms with Crippen LogP contribution in [0, 0.1) is 5.92 Å². The highest BCUT2D eigenvalue weighted by atomic mass is 19.4. The zero-order chi connectivity index (χ0) is 26.2. The number of hydrogen-bond donors (Lipinski definition) is 2. The molecule has 0 bridgehead atoms. The molecule has 2 aromatic heterocycles. The van der Waals surface area contributed by atoms with Crippen LogP contribution in [0.25, 0.3) is 0 Å². The molecule has 0 aliphatic rings. The number of methoxy groups -OCH3 is 1. The highest BCUT2D eigenvalue weighted by Gasteiger charge is 2.29. The topological polar surface area (TPSA) is 106 Å². The van der Waals surface area contributed by atoms with Crippen LogP contribution in [0.5, 0.6) is 5.88 Å². The molecule has 0 radical (unpaired) electrons. The number of amides is 2. The van der Waals surface area contributed by atoms with Crippen molar-refractivity contribution in [3.63, 3.8) is 0 Å². The van der Waals surface area contributed by atoms with Crippen molar-refractivity contribution >= 4 is 23.5 Å². The fraction of sp³-hybridized carbons (Fsp3) is 0.478. The number of nitrogens with zero attached hydrogens (tertiary/aromatic N) is 3. The number of halogens is 3. The van der Waals surface area contributed by atoms with Crippen molar-refractivity contribution in [2.24, 2.45) is 5.92 Å². The molecule has 0 aliphatic heterocycles. The Kier molecular flexibility index (Phi) is 9.81. The summed E-state index contributed by atoms with van der Waals surface area (Å²) in [7, 11) is 3.15. The minimum absolute atomic E-state index is 0.144. The lowest BCUT2D eigenvalue weighted by Gasteiger charge is -2.22. The number of rotatable bonds is 11. The average Bonchev–Trinajstić information content (AvgIpc) is 2.80. The minimum atomic E-state index is -4.52.